The SMILES string of the molecule is NC(=O)C(C(=O)N(Cc1ccccc1)Cc1ccccc1)c1ccc(C(=O)Nc2ccccc2N)cc1. The number of primary amides is 1. The second-order valence-electron chi connectivity index (χ2n) is 8.66. The maximum atomic E-state index is 13.7. The number of benzene rings is 4. The van der Waals surface area contributed by atoms with E-state index < -0.39 is 17.7 Å². The summed E-state index contributed by atoms with van der Waals surface area (Å²) in [6.45, 7) is 0.634. The molecule has 4 aromatic rings. The normalized spacial score (nSPS) is 11.4. The summed E-state index contributed by atoms with van der Waals surface area (Å²) in [5, 5.41) is 2.76. The van der Waals surface area contributed by atoms with Crippen molar-refractivity contribution in [2.45, 2.75) is 19.0 Å². The van der Waals surface area contributed by atoms with Gasteiger partial charge in [0.05, 0.1) is 11.4 Å². The minimum Gasteiger partial charge on any atom is -0.397 e. The minimum atomic E-state index is -1.20. The van der Waals surface area contributed by atoms with Gasteiger partial charge in [-0.3, -0.25) is 14.4 Å². The van der Waals surface area contributed by atoms with Crippen LogP contribution in [0.1, 0.15) is 33.0 Å². The fraction of sp³-hybridized carbons (Fsp3) is 0.100. The molecule has 0 spiro atoms. The van der Waals surface area contributed by atoms with E-state index in [2.05, 4.69) is 5.32 Å². The first kappa shape index (κ1) is 25.2. The number of hydrogen-bond acceptors (Lipinski definition) is 4. The van der Waals surface area contributed by atoms with Crippen molar-refractivity contribution in [1.82, 2.24) is 4.90 Å². The third-order valence-electron chi connectivity index (χ3n) is 5.99. The summed E-state index contributed by atoms with van der Waals surface area (Å²) < 4.78 is 0. The average Bonchev–Trinajstić information content (AvgIpc) is 2.91. The smallest absolute Gasteiger partial charge is 0.255 e. The molecule has 0 fully saturated rings. The highest BCUT2D eigenvalue weighted by Gasteiger charge is 2.31. The number of nitrogens with two attached hydrogens (primary N) is 2. The molecule has 0 aliphatic heterocycles. The number of nitrogens with zero attached hydrogens (tertiary/aromatic N) is 1. The van der Waals surface area contributed by atoms with Gasteiger partial charge in [0.15, 0.2) is 0 Å². The van der Waals surface area contributed by atoms with Gasteiger partial charge < -0.3 is 21.7 Å². The van der Waals surface area contributed by atoms with Gasteiger partial charge in [0.2, 0.25) is 11.8 Å². The molecule has 1 unspecified atom stereocenters. The van der Waals surface area contributed by atoms with E-state index in [1.165, 1.54) is 0 Å². The number of rotatable bonds is 9. The third-order valence-corrected chi connectivity index (χ3v) is 5.99. The van der Waals surface area contributed by atoms with Crippen molar-refractivity contribution >= 4 is 29.1 Å². The van der Waals surface area contributed by atoms with Crippen LogP contribution in [0.2, 0.25) is 0 Å². The van der Waals surface area contributed by atoms with E-state index in [1.54, 1.807) is 53.4 Å². The lowest BCUT2D eigenvalue weighted by molar-refractivity contribution is -0.138. The van der Waals surface area contributed by atoms with Crippen LogP contribution in [0.3, 0.4) is 0 Å². The molecule has 0 aliphatic rings. The van der Waals surface area contributed by atoms with Gasteiger partial charge in [-0.05, 0) is 41.0 Å². The van der Waals surface area contributed by atoms with Gasteiger partial charge in [-0.15, -0.1) is 0 Å². The Balaban J connectivity index is 1.57. The number of nitrogens with one attached hydrogen (secondary N) is 1. The topological polar surface area (TPSA) is 119 Å². The molecular formula is C30H28N4O3. The highest BCUT2D eigenvalue weighted by atomic mass is 16.2. The summed E-state index contributed by atoms with van der Waals surface area (Å²) in [5.74, 6) is -2.73. The maximum absolute atomic E-state index is 13.7. The monoisotopic (exact) mass is 492 g/mol. The van der Waals surface area contributed by atoms with E-state index in [0.717, 1.165) is 11.1 Å². The number of carbonyl (C=O) groups excluding carboxylic acids is 3. The predicted molar refractivity (Wildman–Crippen MR) is 144 cm³/mol. The molecule has 0 saturated heterocycles. The molecule has 0 saturated carbocycles. The average molecular weight is 493 g/mol. The standard InChI is InChI=1S/C30H28N4O3/c31-25-13-7-8-14-26(25)33-29(36)24-17-15-23(16-18-24)27(28(32)35)30(37)34(19-21-9-3-1-4-10-21)20-22-11-5-2-6-12-22/h1-18,27H,19-20,31H2,(H2,32,35)(H,33,36). The highest BCUT2D eigenvalue weighted by molar-refractivity contribution is 6.07. The predicted octanol–water partition coefficient (Wildman–Crippen LogP) is 4.32. The zero-order valence-corrected chi connectivity index (χ0v) is 20.2. The van der Waals surface area contributed by atoms with Gasteiger partial charge in [0.1, 0.15) is 5.92 Å². The fourth-order valence-corrected chi connectivity index (χ4v) is 4.06. The van der Waals surface area contributed by atoms with Crippen LogP contribution in [0.5, 0.6) is 0 Å². The molecule has 1 atom stereocenters. The van der Waals surface area contributed by atoms with Crippen molar-refractivity contribution in [1.29, 1.82) is 0 Å². The zero-order valence-electron chi connectivity index (χ0n) is 20.2. The molecule has 3 amide bonds. The zero-order chi connectivity index (χ0) is 26.2. The third kappa shape index (κ3) is 6.41. The number of anilines is 2. The maximum Gasteiger partial charge on any atom is 0.255 e. The van der Waals surface area contributed by atoms with Gasteiger partial charge in [0.25, 0.3) is 5.91 Å². The van der Waals surface area contributed by atoms with E-state index >= 15 is 0 Å². The van der Waals surface area contributed by atoms with E-state index in [1.807, 2.05) is 60.7 Å². The lowest BCUT2D eigenvalue weighted by Crippen LogP contribution is -2.39. The first-order valence-electron chi connectivity index (χ1n) is 11.8. The van der Waals surface area contributed by atoms with E-state index in [0.29, 0.717) is 35.6 Å². The molecule has 5 N–H and O–H groups in total. The Morgan fingerprint density at radius 1 is 0.703 bits per heavy atom. The highest BCUT2D eigenvalue weighted by Crippen LogP contribution is 2.23. The van der Waals surface area contributed by atoms with Crippen molar-refractivity contribution in [3.8, 4) is 0 Å². The molecule has 37 heavy (non-hydrogen) atoms. The lowest BCUT2D eigenvalue weighted by Gasteiger charge is -2.27. The van der Waals surface area contributed by atoms with Crippen molar-refractivity contribution in [3.05, 3.63) is 131 Å². The molecule has 7 nitrogen and oxygen atoms in total. The van der Waals surface area contributed by atoms with Crippen molar-refractivity contribution in [2.75, 3.05) is 11.1 Å². The molecule has 4 aromatic carbocycles. The lowest BCUT2D eigenvalue weighted by atomic mass is 9.95. The molecule has 186 valence electrons. The van der Waals surface area contributed by atoms with Gasteiger partial charge >= 0.3 is 0 Å². The van der Waals surface area contributed by atoms with Crippen LogP contribution in [0.4, 0.5) is 11.4 Å². The second-order valence-corrected chi connectivity index (χ2v) is 8.66. The number of para-hydroxylation sites is 2. The summed E-state index contributed by atoms with van der Waals surface area (Å²) >= 11 is 0. The first-order chi connectivity index (χ1) is 17.9. The molecule has 0 aromatic heterocycles. The van der Waals surface area contributed by atoms with Crippen LogP contribution in [-0.4, -0.2) is 22.6 Å². The number of hydrogen-bond donors (Lipinski definition) is 3. The molecule has 0 radical (unpaired) electrons. The molecule has 0 aliphatic carbocycles. The van der Waals surface area contributed by atoms with Crippen LogP contribution in [-0.2, 0) is 22.7 Å². The van der Waals surface area contributed by atoms with Crippen molar-refractivity contribution in [2.24, 2.45) is 5.73 Å². The summed E-state index contributed by atoms with van der Waals surface area (Å²) in [6, 6.07) is 32.4. The Labute approximate surface area is 215 Å². The summed E-state index contributed by atoms with van der Waals surface area (Å²) in [7, 11) is 0. The van der Waals surface area contributed by atoms with Crippen molar-refractivity contribution < 1.29 is 14.4 Å². The summed E-state index contributed by atoms with van der Waals surface area (Å²) in [6.07, 6.45) is 0. The number of amides is 3. The van der Waals surface area contributed by atoms with Crippen LogP contribution >= 0.6 is 0 Å². The Morgan fingerprint density at radius 2 is 1.22 bits per heavy atom. The Hall–Kier alpha value is -4.91. The van der Waals surface area contributed by atoms with Gasteiger partial charge in [-0.2, -0.15) is 0 Å². The Kier molecular flexibility index (Phi) is 7.95. The Morgan fingerprint density at radius 3 is 1.73 bits per heavy atom. The molecule has 7 heteroatoms. The van der Waals surface area contributed by atoms with Crippen LogP contribution < -0.4 is 16.8 Å². The summed E-state index contributed by atoms with van der Waals surface area (Å²) in [5.41, 5.74) is 15.2. The second kappa shape index (κ2) is 11.7. The number of carbonyl (C=O) groups is 3. The van der Waals surface area contributed by atoms with Crippen LogP contribution in [0.15, 0.2) is 109 Å². The number of nitrogen functional groups attached to an aromatic ring is 1. The fourth-order valence-electron chi connectivity index (χ4n) is 4.06. The van der Waals surface area contributed by atoms with Gasteiger partial charge in [0, 0.05) is 18.7 Å². The minimum absolute atomic E-state index is 0.317. The van der Waals surface area contributed by atoms with E-state index in [4.69, 9.17) is 11.5 Å². The van der Waals surface area contributed by atoms with Gasteiger partial charge in [-0.25, -0.2) is 0 Å². The molecule has 0 bridgehead atoms. The van der Waals surface area contributed by atoms with E-state index in [9.17, 15) is 14.4 Å². The first-order valence-corrected chi connectivity index (χ1v) is 11.8. The van der Waals surface area contributed by atoms with Crippen LogP contribution in [0, 0.1) is 0 Å². The van der Waals surface area contributed by atoms with Crippen LogP contribution in [0.25, 0.3) is 0 Å². The van der Waals surface area contributed by atoms with Crippen molar-refractivity contribution in [3.63, 3.8) is 0 Å². The molecular weight excluding hydrogens is 464 g/mol. The molecule has 4 rings (SSSR count). The van der Waals surface area contributed by atoms with Gasteiger partial charge in [-0.1, -0.05) is 84.9 Å². The quantitative estimate of drug-likeness (QED) is 0.238. The van der Waals surface area contributed by atoms with E-state index in [-0.39, 0.29) is 5.91 Å². The largest absolute Gasteiger partial charge is 0.397 e. The Bertz CT molecular complexity index is 1330. The summed E-state index contributed by atoms with van der Waals surface area (Å²) in [4.78, 5) is 40.6. The molecule has 0 heterocycles.